The van der Waals surface area contributed by atoms with Crippen LogP contribution in [0.4, 0.5) is 5.69 Å². The van der Waals surface area contributed by atoms with Crippen molar-refractivity contribution in [1.29, 1.82) is 0 Å². The molecule has 2 rings (SSSR count). The quantitative estimate of drug-likeness (QED) is 0.506. The molecule has 5 nitrogen and oxygen atoms in total. The van der Waals surface area contributed by atoms with E-state index in [1.165, 1.54) is 24.4 Å². The van der Waals surface area contributed by atoms with Crippen LogP contribution in [0.5, 0.6) is 0 Å². The van der Waals surface area contributed by atoms with E-state index in [9.17, 15) is 9.59 Å². The molecule has 0 fully saturated rings. The number of anilines is 1. The second-order valence-corrected chi connectivity index (χ2v) is 5.51. The van der Waals surface area contributed by atoms with Crippen LogP contribution >= 0.6 is 23.2 Å². The number of aryl methyl sites for hydroxylation is 1. The van der Waals surface area contributed by atoms with Gasteiger partial charge in [0.15, 0.2) is 0 Å². The van der Waals surface area contributed by atoms with E-state index in [-0.39, 0.29) is 5.02 Å². The van der Waals surface area contributed by atoms with E-state index < -0.39 is 11.8 Å². The molecule has 0 aliphatic heterocycles. The lowest BCUT2D eigenvalue weighted by Gasteiger charge is -2.05. The highest BCUT2D eigenvalue weighted by atomic mass is 35.5. The molecule has 0 radical (unpaired) electrons. The van der Waals surface area contributed by atoms with Gasteiger partial charge >= 0.3 is 11.8 Å². The number of halogens is 2. The van der Waals surface area contributed by atoms with Crippen LogP contribution in [0.2, 0.25) is 10.0 Å². The Morgan fingerprint density at radius 2 is 1.70 bits per heavy atom. The molecule has 0 saturated carbocycles. The fourth-order valence-corrected chi connectivity index (χ4v) is 1.93. The minimum absolute atomic E-state index is 0.280. The fourth-order valence-electron chi connectivity index (χ4n) is 1.63. The van der Waals surface area contributed by atoms with E-state index >= 15 is 0 Å². The fraction of sp³-hybridized carbons (Fsp3) is 0.0625. The van der Waals surface area contributed by atoms with Gasteiger partial charge in [-0.25, -0.2) is 5.43 Å². The second-order valence-electron chi connectivity index (χ2n) is 4.69. The van der Waals surface area contributed by atoms with Gasteiger partial charge in [0.2, 0.25) is 0 Å². The standard InChI is InChI=1S/C16H13Cl2N3O2/c1-10-2-4-11(5-3-10)9-19-21-16(23)15(22)20-12-6-7-13(17)14(18)8-12/h2-9H,1H3,(H,20,22)(H,21,23)/b19-9+. The van der Waals surface area contributed by atoms with Crippen molar-refractivity contribution in [3.63, 3.8) is 0 Å². The van der Waals surface area contributed by atoms with Crippen molar-refractivity contribution in [2.24, 2.45) is 5.10 Å². The maximum Gasteiger partial charge on any atom is 0.329 e. The number of rotatable bonds is 3. The highest BCUT2D eigenvalue weighted by molar-refractivity contribution is 6.42. The second kappa shape index (κ2) is 7.76. The van der Waals surface area contributed by atoms with Gasteiger partial charge in [0.1, 0.15) is 0 Å². The molecule has 2 N–H and O–H groups in total. The topological polar surface area (TPSA) is 70.6 Å². The van der Waals surface area contributed by atoms with Crippen molar-refractivity contribution in [3.05, 3.63) is 63.6 Å². The first-order chi connectivity index (χ1) is 11.0. The molecule has 0 atom stereocenters. The number of carbonyl (C=O) groups is 2. The minimum Gasteiger partial charge on any atom is -0.318 e. The highest BCUT2D eigenvalue weighted by Gasteiger charge is 2.13. The zero-order chi connectivity index (χ0) is 16.8. The molecule has 0 heterocycles. The van der Waals surface area contributed by atoms with Gasteiger partial charge in [-0.2, -0.15) is 5.10 Å². The molecule has 118 valence electrons. The summed E-state index contributed by atoms with van der Waals surface area (Å²) in [4.78, 5) is 23.4. The molecule has 23 heavy (non-hydrogen) atoms. The van der Waals surface area contributed by atoms with Gasteiger partial charge in [0, 0.05) is 5.69 Å². The van der Waals surface area contributed by atoms with E-state index in [2.05, 4.69) is 15.8 Å². The van der Waals surface area contributed by atoms with Crippen LogP contribution in [-0.4, -0.2) is 18.0 Å². The SMILES string of the molecule is Cc1ccc(/C=N/NC(=O)C(=O)Nc2ccc(Cl)c(Cl)c2)cc1. The molecule has 0 aliphatic carbocycles. The Morgan fingerprint density at radius 1 is 1.00 bits per heavy atom. The summed E-state index contributed by atoms with van der Waals surface area (Å²) in [6, 6.07) is 12.0. The highest BCUT2D eigenvalue weighted by Crippen LogP contribution is 2.24. The van der Waals surface area contributed by atoms with Crippen molar-refractivity contribution in [2.75, 3.05) is 5.32 Å². The Kier molecular flexibility index (Phi) is 5.73. The monoisotopic (exact) mass is 349 g/mol. The lowest BCUT2D eigenvalue weighted by Crippen LogP contribution is -2.32. The molecule has 0 aromatic heterocycles. The number of hydrogen-bond donors (Lipinski definition) is 2. The Hall–Kier alpha value is -2.37. The summed E-state index contributed by atoms with van der Waals surface area (Å²) in [5, 5.41) is 6.77. The summed E-state index contributed by atoms with van der Waals surface area (Å²) in [5.74, 6) is -1.75. The van der Waals surface area contributed by atoms with Crippen LogP contribution in [0.1, 0.15) is 11.1 Å². The smallest absolute Gasteiger partial charge is 0.318 e. The Bertz CT molecular complexity index is 758. The van der Waals surface area contributed by atoms with E-state index in [0.717, 1.165) is 11.1 Å². The summed E-state index contributed by atoms with van der Waals surface area (Å²) in [7, 11) is 0. The summed E-state index contributed by atoms with van der Waals surface area (Å²) >= 11 is 11.6. The van der Waals surface area contributed by atoms with Crippen molar-refractivity contribution in [1.82, 2.24) is 5.43 Å². The number of benzene rings is 2. The zero-order valence-corrected chi connectivity index (χ0v) is 13.7. The Balaban J connectivity index is 1.90. The normalized spacial score (nSPS) is 10.6. The number of carbonyl (C=O) groups excluding carboxylic acids is 2. The summed E-state index contributed by atoms with van der Waals surface area (Å²) in [5.41, 5.74) is 4.44. The Labute approximate surface area is 143 Å². The summed E-state index contributed by atoms with van der Waals surface area (Å²) < 4.78 is 0. The number of amides is 2. The van der Waals surface area contributed by atoms with E-state index in [4.69, 9.17) is 23.2 Å². The average molecular weight is 350 g/mol. The molecular weight excluding hydrogens is 337 g/mol. The van der Waals surface area contributed by atoms with Crippen LogP contribution in [0.15, 0.2) is 47.6 Å². The summed E-state index contributed by atoms with van der Waals surface area (Å²) in [6.07, 6.45) is 1.45. The molecule has 2 aromatic carbocycles. The molecule has 0 aliphatic rings. The minimum atomic E-state index is -0.889. The molecule has 0 spiro atoms. The predicted octanol–water partition coefficient (Wildman–Crippen LogP) is 3.39. The van der Waals surface area contributed by atoms with Gasteiger partial charge in [-0.15, -0.1) is 0 Å². The average Bonchev–Trinajstić information content (AvgIpc) is 2.52. The van der Waals surface area contributed by atoms with Crippen LogP contribution in [0.25, 0.3) is 0 Å². The van der Waals surface area contributed by atoms with Crippen molar-refractivity contribution >= 4 is 46.9 Å². The maximum absolute atomic E-state index is 11.7. The predicted molar refractivity (Wildman–Crippen MR) is 92.0 cm³/mol. The lowest BCUT2D eigenvalue weighted by molar-refractivity contribution is -0.136. The van der Waals surface area contributed by atoms with Gasteiger partial charge in [0.05, 0.1) is 16.3 Å². The maximum atomic E-state index is 11.7. The third-order valence-corrected chi connectivity index (χ3v) is 3.58. The zero-order valence-electron chi connectivity index (χ0n) is 12.1. The lowest BCUT2D eigenvalue weighted by atomic mass is 10.2. The van der Waals surface area contributed by atoms with Gasteiger partial charge in [0.25, 0.3) is 0 Å². The van der Waals surface area contributed by atoms with Crippen LogP contribution in [0.3, 0.4) is 0 Å². The third kappa shape index (κ3) is 5.09. The molecule has 7 heteroatoms. The molecule has 0 unspecified atom stereocenters. The van der Waals surface area contributed by atoms with Crippen molar-refractivity contribution < 1.29 is 9.59 Å². The van der Waals surface area contributed by atoms with Gasteiger partial charge < -0.3 is 5.32 Å². The Morgan fingerprint density at radius 3 is 2.35 bits per heavy atom. The molecular formula is C16H13Cl2N3O2. The first-order valence-electron chi connectivity index (χ1n) is 6.62. The van der Waals surface area contributed by atoms with Gasteiger partial charge in [-0.3, -0.25) is 9.59 Å². The molecule has 2 aromatic rings. The first-order valence-corrected chi connectivity index (χ1v) is 7.37. The van der Waals surface area contributed by atoms with Crippen LogP contribution < -0.4 is 10.7 Å². The van der Waals surface area contributed by atoms with Crippen molar-refractivity contribution in [3.8, 4) is 0 Å². The molecule has 0 bridgehead atoms. The van der Waals surface area contributed by atoms with Gasteiger partial charge in [-0.1, -0.05) is 53.0 Å². The van der Waals surface area contributed by atoms with Gasteiger partial charge in [-0.05, 0) is 30.7 Å². The number of nitrogens with one attached hydrogen (secondary N) is 2. The third-order valence-electron chi connectivity index (χ3n) is 2.84. The first kappa shape index (κ1) is 17.0. The van der Waals surface area contributed by atoms with E-state index in [0.29, 0.717) is 10.7 Å². The number of hydrazone groups is 1. The number of nitrogens with zero attached hydrogens (tertiary/aromatic N) is 1. The van der Waals surface area contributed by atoms with Crippen LogP contribution in [0, 0.1) is 6.92 Å². The van der Waals surface area contributed by atoms with E-state index in [1.807, 2.05) is 31.2 Å². The van der Waals surface area contributed by atoms with E-state index in [1.54, 1.807) is 0 Å². The molecule has 2 amide bonds. The summed E-state index contributed by atoms with van der Waals surface area (Å²) in [6.45, 7) is 1.97. The largest absolute Gasteiger partial charge is 0.329 e. The number of hydrogen-bond acceptors (Lipinski definition) is 3. The molecule has 0 saturated heterocycles. The van der Waals surface area contributed by atoms with Crippen LogP contribution in [-0.2, 0) is 9.59 Å². The van der Waals surface area contributed by atoms with Crippen molar-refractivity contribution in [2.45, 2.75) is 6.92 Å².